The fourth-order valence-corrected chi connectivity index (χ4v) is 3.46. The molecule has 0 spiro atoms. The number of carbonyl (C=O) groups excluding carboxylic acids is 1. The largest absolute Gasteiger partial charge is 0.497 e. The van der Waals surface area contributed by atoms with Crippen molar-refractivity contribution in [2.45, 2.75) is 13.1 Å². The lowest BCUT2D eigenvalue weighted by atomic mass is 10.1. The lowest BCUT2D eigenvalue weighted by molar-refractivity contribution is 0.0725. The molecular weight excluding hydrogens is 406 g/mol. The van der Waals surface area contributed by atoms with E-state index in [9.17, 15) is 9.59 Å². The van der Waals surface area contributed by atoms with Crippen LogP contribution in [-0.2, 0) is 13.1 Å². The van der Waals surface area contributed by atoms with E-state index < -0.39 is 0 Å². The van der Waals surface area contributed by atoms with Gasteiger partial charge in [-0.05, 0) is 54.1 Å². The van der Waals surface area contributed by atoms with Gasteiger partial charge in [-0.1, -0.05) is 24.3 Å². The van der Waals surface area contributed by atoms with Gasteiger partial charge >= 0.3 is 0 Å². The van der Waals surface area contributed by atoms with Crippen LogP contribution < -0.4 is 15.0 Å². The SMILES string of the molecule is COc1ccc(CN(Cc2nc3ccccc3c(=O)[nH]2)C(=O)c2ccc(OC)cc2)cc1. The van der Waals surface area contributed by atoms with Gasteiger partial charge in [-0.3, -0.25) is 9.59 Å². The van der Waals surface area contributed by atoms with Gasteiger partial charge in [-0.15, -0.1) is 0 Å². The minimum Gasteiger partial charge on any atom is -0.497 e. The van der Waals surface area contributed by atoms with Gasteiger partial charge in [-0.25, -0.2) is 4.98 Å². The Labute approximate surface area is 185 Å². The molecule has 1 N–H and O–H groups in total. The van der Waals surface area contributed by atoms with Crippen molar-refractivity contribution in [2.24, 2.45) is 0 Å². The van der Waals surface area contributed by atoms with E-state index in [2.05, 4.69) is 9.97 Å². The maximum atomic E-state index is 13.4. The van der Waals surface area contributed by atoms with E-state index in [1.165, 1.54) is 0 Å². The maximum absolute atomic E-state index is 13.4. The molecule has 0 aliphatic carbocycles. The number of carbonyl (C=O) groups is 1. The predicted molar refractivity (Wildman–Crippen MR) is 122 cm³/mol. The number of H-pyrrole nitrogens is 1. The van der Waals surface area contributed by atoms with Crippen LogP contribution in [0.2, 0.25) is 0 Å². The Balaban J connectivity index is 1.67. The Morgan fingerprint density at radius 1 is 0.875 bits per heavy atom. The average Bonchev–Trinajstić information content (AvgIpc) is 2.84. The Hall–Kier alpha value is -4.13. The number of rotatable bonds is 7. The molecule has 0 unspecified atom stereocenters. The highest BCUT2D eigenvalue weighted by Gasteiger charge is 2.19. The Bertz CT molecular complexity index is 1280. The number of aromatic nitrogens is 2. The van der Waals surface area contributed by atoms with Gasteiger partial charge in [0.25, 0.3) is 11.5 Å². The molecule has 7 nitrogen and oxygen atoms in total. The summed E-state index contributed by atoms with van der Waals surface area (Å²) in [5.41, 5.74) is 1.80. The lowest BCUT2D eigenvalue weighted by Crippen LogP contribution is -2.31. The molecule has 1 amide bonds. The first kappa shape index (κ1) is 21.1. The van der Waals surface area contributed by atoms with E-state index in [0.717, 1.165) is 11.3 Å². The molecule has 0 aliphatic rings. The van der Waals surface area contributed by atoms with Gasteiger partial charge in [0.05, 0.1) is 31.7 Å². The van der Waals surface area contributed by atoms with Crippen molar-refractivity contribution in [3.05, 3.63) is 100 Å². The number of hydrogen-bond donors (Lipinski definition) is 1. The van der Waals surface area contributed by atoms with Crippen molar-refractivity contribution in [1.29, 1.82) is 0 Å². The summed E-state index contributed by atoms with van der Waals surface area (Å²) in [5, 5.41) is 0.513. The summed E-state index contributed by atoms with van der Waals surface area (Å²) in [6.45, 7) is 0.488. The third-order valence-corrected chi connectivity index (χ3v) is 5.16. The van der Waals surface area contributed by atoms with Gasteiger partial charge in [0.1, 0.15) is 17.3 Å². The maximum Gasteiger partial charge on any atom is 0.258 e. The Morgan fingerprint density at radius 3 is 2.16 bits per heavy atom. The first-order valence-electron chi connectivity index (χ1n) is 10.1. The summed E-state index contributed by atoms with van der Waals surface area (Å²) in [6.07, 6.45) is 0. The molecule has 7 heteroatoms. The number of benzene rings is 3. The summed E-state index contributed by atoms with van der Waals surface area (Å²) in [6, 6.07) is 21.6. The van der Waals surface area contributed by atoms with Crippen molar-refractivity contribution in [1.82, 2.24) is 14.9 Å². The third kappa shape index (κ3) is 4.62. The summed E-state index contributed by atoms with van der Waals surface area (Å²) in [5.74, 6) is 1.65. The number of ether oxygens (including phenoxy) is 2. The van der Waals surface area contributed by atoms with E-state index in [0.29, 0.717) is 34.6 Å². The first-order valence-corrected chi connectivity index (χ1v) is 10.1. The van der Waals surface area contributed by atoms with Crippen LogP contribution in [0.1, 0.15) is 21.7 Å². The monoisotopic (exact) mass is 429 g/mol. The Kier molecular flexibility index (Phi) is 6.17. The highest BCUT2D eigenvalue weighted by molar-refractivity contribution is 5.94. The van der Waals surface area contributed by atoms with Crippen LogP contribution in [0.25, 0.3) is 10.9 Å². The minimum atomic E-state index is -0.230. The summed E-state index contributed by atoms with van der Waals surface area (Å²) in [7, 11) is 3.19. The second-order valence-electron chi connectivity index (χ2n) is 7.27. The van der Waals surface area contributed by atoms with Gasteiger partial charge in [-0.2, -0.15) is 0 Å². The molecule has 0 aliphatic heterocycles. The van der Waals surface area contributed by atoms with Crippen LogP contribution >= 0.6 is 0 Å². The van der Waals surface area contributed by atoms with Gasteiger partial charge in [0, 0.05) is 12.1 Å². The summed E-state index contributed by atoms with van der Waals surface area (Å²) >= 11 is 0. The van der Waals surface area contributed by atoms with Gasteiger partial charge < -0.3 is 19.4 Å². The van der Waals surface area contributed by atoms with E-state index in [1.807, 2.05) is 30.3 Å². The predicted octanol–water partition coefficient (Wildman–Crippen LogP) is 3.78. The molecule has 0 saturated carbocycles. The average molecular weight is 429 g/mol. The fourth-order valence-electron chi connectivity index (χ4n) is 3.46. The number of amides is 1. The van der Waals surface area contributed by atoms with E-state index in [4.69, 9.17) is 9.47 Å². The molecular formula is C25H23N3O4. The molecule has 1 aromatic heterocycles. The molecule has 0 saturated heterocycles. The number of hydrogen-bond acceptors (Lipinski definition) is 5. The van der Waals surface area contributed by atoms with E-state index in [-0.39, 0.29) is 18.0 Å². The number of para-hydroxylation sites is 1. The van der Waals surface area contributed by atoms with Gasteiger partial charge in [0.15, 0.2) is 0 Å². The zero-order chi connectivity index (χ0) is 22.5. The van der Waals surface area contributed by atoms with Crippen molar-refractivity contribution in [3.8, 4) is 11.5 Å². The normalized spacial score (nSPS) is 10.7. The quantitative estimate of drug-likeness (QED) is 0.483. The van der Waals surface area contributed by atoms with Crippen molar-refractivity contribution >= 4 is 16.8 Å². The molecule has 0 atom stereocenters. The number of aromatic amines is 1. The topological polar surface area (TPSA) is 84.5 Å². The van der Waals surface area contributed by atoms with Crippen LogP contribution in [0.5, 0.6) is 11.5 Å². The standard InChI is InChI=1S/C25H23N3O4/c1-31-19-11-7-17(8-12-19)15-28(25(30)18-9-13-20(32-2)14-10-18)16-23-26-22-6-4-3-5-21(22)24(29)27-23/h3-14H,15-16H2,1-2H3,(H,26,27,29). The van der Waals surface area contributed by atoms with Crippen molar-refractivity contribution in [3.63, 3.8) is 0 Å². The van der Waals surface area contributed by atoms with E-state index >= 15 is 0 Å². The highest BCUT2D eigenvalue weighted by Crippen LogP contribution is 2.18. The number of methoxy groups -OCH3 is 2. The second kappa shape index (κ2) is 9.34. The summed E-state index contributed by atoms with van der Waals surface area (Å²) < 4.78 is 10.4. The van der Waals surface area contributed by atoms with Crippen LogP contribution in [0.4, 0.5) is 0 Å². The number of nitrogens with one attached hydrogen (secondary N) is 1. The lowest BCUT2D eigenvalue weighted by Gasteiger charge is -2.23. The zero-order valence-electron chi connectivity index (χ0n) is 17.9. The molecule has 32 heavy (non-hydrogen) atoms. The van der Waals surface area contributed by atoms with Crippen LogP contribution in [0, 0.1) is 0 Å². The smallest absolute Gasteiger partial charge is 0.258 e. The van der Waals surface area contributed by atoms with Crippen LogP contribution in [0.15, 0.2) is 77.6 Å². The molecule has 1 heterocycles. The number of nitrogens with zero attached hydrogens (tertiary/aromatic N) is 2. The first-order chi connectivity index (χ1) is 15.6. The van der Waals surface area contributed by atoms with Crippen molar-refractivity contribution in [2.75, 3.05) is 14.2 Å². The minimum absolute atomic E-state index is 0.150. The molecule has 3 aromatic carbocycles. The number of fused-ring (bicyclic) bond motifs is 1. The van der Waals surface area contributed by atoms with Crippen LogP contribution in [-0.4, -0.2) is 35.0 Å². The molecule has 162 valence electrons. The van der Waals surface area contributed by atoms with Crippen molar-refractivity contribution < 1.29 is 14.3 Å². The second-order valence-corrected chi connectivity index (χ2v) is 7.27. The molecule has 0 bridgehead atoms. The molecule has 0 radical (unpaired) electrons. The van der Waals surface area contributed by atoms with Crippen LogP contribution in [0.3, 0.4) is 0 Å². The fraction of sp³-hybridized carbons (Fsp3) is 0.160. The van der Waals surface area contributed by atoms with Gasteiger partial charge in [0.2, 0.25) is 0 Å². The third-order valence-electron chi connectivity index (χ3n) is 5.16. The Morgan fingerprint density at radius 2 is 1.50 bits per heavy atom. The molecule has 4 aromatic rings. The summed E-state index contributed by atoms with van der Waals surface area (Å²) in [4.78, 5) is 34.9. The highest BCUT2D eigenvalue weighted by atomic mass is 16.5. The zero-order valence-corrected chi connectivity index (χ0v) is 17.9. The molecule has 0 fully saturated rings. The molecule has 4 rings (SSSR count). The van der Waals surface area contributed by atoms with E-state index in [1.54, 1.807) is 61.6 Å².